The Hall–Kier alpha value is -2.86. The smallest absolute Gasteiger partial charge is 0.255 e. The molecule has 6 nitrogen and oxygen atoms in total. The first-order valence-electron chi connectivity index (χ1n) is 7.24. The minimum atomic E-state index is -0.545. The van der Waals surface area contributed by atoms with Crippen LogP contribution >= 0.6 is 11.6 Å². The zero-order valence-corrected chi connectivity index (χ0v) is 13.5. The number of pyridine rings is 1. The average Bonchev–Trinajstić information content (AvgIpc) is 3.02. The molecule has 122 valence electrons. The van der Waals surface area contributed by atoms with Gasteiger partial charge in [0.2, 0.25) is 0 Å². The third kappa shape index (κ3) is 3.72. The Kier molecular flexibility index (Phi) is 4.77. The van der Waals surface area contributed by atoms with Gasteiger partial charge in [0.15, 0.2) is 6.61 Å². The number of amides is 1. The Morgan fingerprint density at radius 2 is 2.00 bits per heavy atom. The molecule has 0 saturated heterocycles. The third-order valence-electron chi connectivity index (χ3n) is 3.37. The molecule has 7 heteroatoms. The molecule has 1 aromatic carbocycles. The molecular weight excluding hydrogens is 328 g/mol. The second-order valence-electron chi connectivity index (χ2n) is 5.13. The molecule has 0 aliphatic rings. The van der Waals surface area contributed by atoms with E-state index < -0.39 is 5.91 Å². The molecule has 2 heterocycles. The van der Waals surface area contributed by atoms with E-state index in [1.807, 2.05) is 22.9 Å². The molecular formula is C17H15ClN4O2. The molecule has 1 amide bonds. The van der Waals surface area contributed by atoms with E-state index in [1.54, 1.807) is 36.8 Å². The first-order valence-corrected chi connectivity index (χ1v) is 7.62. The van der Waals surface area contributed by atoms with Crippen LogP contribution in [0.2, 0.25) is 5.02 Å². The number of hydrogen-bond donors (Lipinski definition) is 1. The maximum Gasteiger partial charge on any atom is 0.255 e. The number of primary amides is 1. The van der Waals surface area contributed by atoms with Gasteiger partial charge in [-0.05, 0) is 35.9 Å². The average molecular weight is 343 g/mol. The highest BCUT2D eigenvalue weighted by atomic mass is 35.5. The highest BCUT2D eigenvalue weighted by molar-refractivity contribution is 6.30. The SMILES string of the molecule is NC(=O)COc1ccc(Cl)cc1-c1nccn1Cc1ccncc1. The van der Waals surface area contributed by atoms with Crippen LogP contribution in [-0.2, 0) is 11.3 Å². The summed E-state index contributed by atoms with van der Waals surface area (Å²) in [6, 6.07) is 9.02. The van der Waals surface area contributed by atoms with E-state index in [1.165, 1.54) is 0 Å². The number of hydrogen-bond acceptors (Lipinski definition) is 4. The van der Waals surface area contributed by atoms with Gasteiger partial charge in [-0.15, -0.1) is 0 Å². The summed E-state index contributed by atoms with van der Waals surface area (Å²) in [4.78, 5) is 19.4. The van der Waals surface area contributed by atoms with E-state index >= 15 is 0 Å². The zero-order valence-electron chi connectivity index (χ0n) is 12.7. The molecule has 2 aromatic heterocycles. The van der Waals surface area contributed by atoms with Crippen LogP contribution in [0.3, 0.4) is 0 Å². The van der Waals surface area contributed by atoms with Gasteiger partial charge in [-0.1, -0.05) is 11.6 Å². The van der Waals surface area contributed by atoms with Crippen LogP contribution < -0.4 is 10.5 Å². The van der Waals surface area contributed by atoms with Crippen molar-refractivity contribution in [1.29, 1.82) is 0 Å². The number of carbonyl (C=O) groups is 1. The molecule has 0 radical (unpaired) electrons. The van der Waals surface area contributed by atoms with Gasteiger partial charge < -0.3 is 15.0 Å². The van der Waals surface area contributed by atoms with Crippen LogP contribution in [0.25, 0.3) is 11.4 Å². The Morgan fingerprint density at radius 3 is 2.75 bits per heavy atom. The summed E-state index contributed by atoms with van der Waals surface area (Å²) in [7, 11) is 0. The number of rotatable bonds is 6. The number of aromatic nitrogens is 3. The topological polar surface area (TPSA) is 83.0 Å². The number of ether oxygens (including phenoxy) is 1. The van der Waals surface area contributed by atoms with Crippen LogP contribution in [0, 0.1) is 0 Å². The van der Waals surface area contributed by atoms with Gasteiger partial charge in [-0.25, -0.2) is 4.98 Å². The van der Waals surface area contributed by atoms with Crippen LogP contribution in [-0.4, -0.2) is 27.0 Å². The van der Waals surface area contributed by atoms with Crippen LogP contribution in [0.4, 0.5) is 0 Å². The molecule has 0 saturated carbocycles. The number of imidazole rings is 1. The van der Waals surface area contributed by atoms with Crippen molar-refractivity contribution in [1.82, 2.24) is 14.5 Å². The lowest BCUT2D eigenvalue weighted by molar-refractivity contribution is -0.119. The molecule has 3 rings (SSSR count). The molecule has 0 spiro atoms. The summed E-state index contributed by atoms with van der Waals surface area (Å²) in [5.74, 6) is 0.644. The summed E-state index contributed by atoms with van der Waals surface area (Å²) >= 11 is 6.12. The van der Waals surface area contributed by atoms with Crippen LogP contribution in [0.15, 0.2) is 55.1 Å². The van der Waals surface area contributed by atoms with Crippen molar-refractivity contribution in [2.45, 2.75) is 6.54 Å². The van der Waals surface area contributed by atoms with Crippen LogP contribution in [0.5, 0.6) is 5.75 Å². The normalized spacial score (nSPS) is 10.5. The summed E-state index contributed by atoms with van der Waals surface area (Å²) < 4.78 is 7.46. The molecule has 0 unspecified atom stereocenters. The van der Waals surface area contributed by atoms with Crippen molar-refractivity contribution in [3.63, 3.8) is 0 Å². The summed E-state index contributed by atoms with van der Waals surface area (Å²) in [5.41, 5.74) is 6.94. The predicted molar refractivity (Wildman–Crippen MR) is 90.7 cm³/mol. The predicted octanol–water partition coefficient (Wildman–Crippen LogP) is 2.51. The van der Waals surface area contributed by atoms with E-state index in [0.717, 1.165) is 5.56 Å². The minimum absolute atomic E-state index is 0.209. The molecule has 0 atom stereocenters. The van der Waals surface area contributed by atoms with Crippen molar-refractivity contribution in [3.05, 3.63) is 65.7 Å². The largest absolute Gasteiger partial charge is 0.483 e. The van der Waals surface area contributed by atoms with E-state index in [-0.39, 0.29) is 6.61 Å². The number of nitrogens with zero attached hydrogens (tertiary/aromatic N) is 3. The monoisotopic (exact) mass is 342 g/mol. The fraction of sp³-hybridized carbons (Fsp3) is 0.118. The number of nitrogens with two attached hydrogens (primary N) is 1. The van der Waals surface area contributed by atoms with Gasteiger partial charge in [0, 0.05) is 36.4 Å². The quantitative estimate of drug-likeness (QED) is 0.746. The number of halogens is 1. The Morgan fingerprint density at radius 1 is 1.21 bits per heavy atom. The molecule has 24 heavy (non-hydrogen) atoms. The van der Waals surface area contributed by atoms with E-state index in [4.69, 9.17) is 22.1 Å². The fourth-order valence-electron chi connectivity index (χ4n) is 2.32. The Balaban J connectivity index is 1.96. The van der Waals surface area contributed by atoms with Crippen LogP contribution in [0.1, 0.15) is 5.56 Å². The van der Waals surface area contributed by atoms with Gasteiger partial charge in [0.05, 0.1) is 5.56 Å². The van der Waals surface area contributed by atoms with E-state index in [2.05, 4.69) is 9.97 Å². The van der Waals surface area contributed by atoms with Crippen molar-refractivity contribution < 1.29 is 9.53 Å². The van der Waals surface area contributed by atoms with Gasteiger partial charge in [-0.2, -0.15) is 0 Å². The van der Waals surface area contributed by atoms with Gasteiger partial charge >= 0.3 is 0 Å². The van der Waals surface area contributed by atoms with E-state index in [0.29, 0.717) is 28.7 Å². The second-order valence-corrected chi connectivity index (χ2v) is 5.57. The first kappa shape index (κ1) is 16.0. The van der Waals surface area contributed by atoms with Crippen molar-refractivity contribution in [3.8, 4) is 17.1 Å². The lowest BCUT2D eigenvalue weighted by Crippen LogP contribution is -2.20. The highest BCUT2D eigenvalue weighted by Crippen LogP contribution is 2.32. The van der Waals surface area contributed by atoms with Gasteiger partial charge in [0.1, 0.15) is 11.6 Å². The molecule has 0 fully saturated rings. The maximum atomic E-state index is 11.0. The molecule has 0 aliphatic heterocycles. The number of carbonyl (C=O) groups excluding carboxylic acids is 1. The van der Waals surface area contributed by atoms with Crippen molar-refractivity contribution >= 4 is 17.5 Å². The minimum Gasteiger partial charge on any atom is -0.483 e. The summed E-state index contributed by atoms with van der Waals surface area (Å²) in [6.45, 7) is 0.416. The number of benzene rings is 1. The lowest BCUT2D eigenvalue weighted by atomic mass is 10.1. The Bertz CT molecular complexity index is 849. The first-order chi connectivity index (χ1) is 11.6. The maximum absolute atomic E-state index is 11.0. The molecule has 2 N–H and O–H groups in total. The van der Waals surface area contributed by atoms with E-state index in [9.17, 15) is 4.79 Å². The van der Waals surface area contributed by atoms with Crippen molar-refractivity contribution in [2.24, 2.45) is 5.73 Å². The van der Waals surface area contributed by atoms with Gasteiger partial charge in [-0.3, -0.25) is 9.78 Å². The summed E-state index contributed by atoms with van der Waals surface area (Å²) in [6.07, 6.45) is 7.06. The molecule has 0 aliphatic carbocycles. The lowest BCUT2D eigenvalue weighted by Gasteiger charge is -2.13. The third-order valence-corrected chi connectivity index (χ3v) is 3.61. The van der Waals surface area contributed by atoms with Gasteiger partial charge in [0.25, 0.3) is 5.91 Å². The van der Waals surface area contributed by atoms with Crippen molar-refractivity contribution in [2.75, 3.05) is 6.61 Å². The second kappa shape index (κ2) is 7.14. The summed E-state index contributed by atoms with van der Waals surface area (Å²) in [5, 5.41) is 0.551. The highest BCUT2D eigenvalue weighted by Gasteiger charge is 2.14. The standard InChI is InChI=1S/C17H15ClN4O2/c18-13-1-2-15(24-11-16(19)23)14(9-13)17-21-7-8-22(17)10-12-3-5-20-6-4-12/h1-9H,10-11H2,(H2,19,23). The molecule has 3 aromatic rings. The molecule has 0 bridgehead atoms. The zero-order chi connectivity index (χ0) is 16.9. The fourth-order valence-corrected chi connectivity index (χ4v) is 2.49. The Labute approximate surface area is 143 Å².